The van der Waals surface area contributed by atoms with Gasteiger partial charge in [0.25, 0.3) is 0 Å². The van der Waals surface area contributed by atoms with Gasteiger partial charge in [0.05, 0.1) is 22.8 Å². The molecule has 68 heavy (non-hydrogen) atoms. The molecule has 0 amide bonds. The average Bonchev–Trinajstić information content (AvgIpc) is 4.07. The van der Waals surface area contributed by atoms with E-state index in [1.807, 2.05) is 36.4 Å². The second kappa shape index (κ2) is 16.2. The summed E-state index contributed by atoms with van der Waals surface area (Å²) in [5.74, 6) is -0.279. The fourth-order valence-electron chi connectivity index (χ4n) is 9.18. The molecule has 0 aliphatic carbocycles. The zero-order valence-electron chi connectivity index (χ0n) is 41.2. The molecule has 3 aromatic heterocycles. The Morgan fingerprint density at radius 3 is 0.750 bits per heavy atom. The van der Waals surface area contributed by atoms with E-state index in [0.29, 0.717) is 45.0 Å². The largest absolute Gasteiger partial charge is 0.508 e. The summed E-state index contributed by atoms with van der Waals surface area (Å²) < 4.78 is 0. The number of aromatic nitrogens is 4. The minimum Gasteiger partial charge on any atom is -0.508 e. The average molecular weight is 903 g/mol. The highest BCUT2D eigenvalue weighted by Crippen LogP contribution is 2.43. The highest BCUT2D eigenvalue weighted by atomic mass is 16.3. The van der Waals surface area contributed by atoms with Crippen molar-refractivity contribution in [3.05, 3.63) is 142 Å². The van der Waals surface area contributed by atoms with Crippen LogP contribution < -0.4 is 0 Å². The fraction of sp³-hybridized carbons (Fsp3) is 0.267. The number of benzene rings is 4. The van der Waals surface area contributed by atoms with Crippen LogP contribution in [0, 0.1) is 0 Å². The van der Waals surface area contributed by atoms with Gasteiger partial charge in [-0.1, -0.05) is 119 Å². The predicted octanol–water partition coefficient (Wildman–Crippen LogP) is 15.3. The number of phenolic OH excluding ortho intramolecular Hbond substituents is 4. The van der Waals surface area contributed by atoms with Crippen molar-refractivity contribution in [1.29, 1.82) is 0 Å². The number of aromatic hydroxyl groups is 4. The van der Waals surface area contributed by atoms with E-state index in [-0.39, 0.29) is 44.7 Å². The lowest BCUT2D eigenvalue weighted by atomic mass is 9.78. The van der Waals surface area contributed by atoms with Gasteiger partial charge in [0.15, 0.2) is 0 Å². The van der Waals surface area contributed by atoms with Crippen LogP contribution in [0.3, 0.4) is 0 Å². The second-order valence-electron chi connectivity index (χ2n) is 22.6. The van der Waals surface area contributed by atoms with Gasteiger partial charge in [-0.25, -0.2) is 9.97 Å². The second-order valence-corrected chi connectivity index (χ2v) is 22.6. The zero-order chi connectivity index (χ0) is 48.8. The Bertz CT molecular complexity index is 3090. The van der Waals surface area contributed by atoms with Crippen molar-refractivity contribution in [2.24, 2.45) is 0 Å². The molecular weight excluding hydrogens is 841 g/mol. The number of nitrogens with zero attached hydrogens (tertiary/aromatic N) is 2. The Morgan fingerprint density at radius 2 is 0.529 bits per heavy atom. The molecule has 2 aliphatic heterocycles. The molecule has 8 nitrogen and oxygen atoms in total. The molecule has 6 N–H and O–H groups in total. The van der Waals surface area contributed by atoms with Gasteiger partial charge in [0.2, 0.25) is 0 Å². The van der Waals surface area contributed by atoms with Crippen molar-refractivity contribution in [3.8, 4) is 67.5 Å². The first-order chi connectivity index (χ1) is 31.8. The van der Waals surface area contributed by atoms with E-state index in [2.05, 4.69) is 142 Å². The molecule has 9 rings (SSSR count). The first-order valence-corrected chi connectivity index (χ1v) is 23.4. The molecule has 2 aliphatic rings. The molecule has 0 atom stereocenters. The molecule has 7 aromatic rings. The fourth-order valence-corrected chi connectivity index (χ4v) is 9.18. The maximum absolute atomic E-state index is 10.9. The lowest BCUT2D eigenvalue weighted by molar-refractivity contribution is 0.450. The molecule has 0 saturated heterocycles. The summed E-state index contributed by atoms with van der Waals surface area (Å²) >= 11 is 0. The lowest BCUT2D eigenvalue weighted by Crippen LogP contribution is -2.16. The van der Waals surface area contributed by atoms with Gasteiger partial charge in [0, 0.05) is 56.5 Å². The first kappa shape index (κ1) is 45.8. The third-order valence-corrected chi connectivity index (χ3v) is 13.0. The SMILES string of the molecule is CC(C)(C)c1cc(-c2c3nc(c(-c4cc(O)cc(O)c4)c4ccc([nH]4)c(-c4cc(C(C)(C)C)cc(C(C)(C)C)c4)c4nc(c(-c5cc(O)cc(O)c5)c5ccc2[nH]5)C=C4)C=C3)cc(C(C)(C)C)c1. The van der Waals surface area contributed by atoms with Crippen molar-refractivity contribution >= 4 is 46.4 Å². The van der Waals surface area contributed by atoms with Crippen LogP contribution in [-0.2, 0) is 21.7 Å². The molecule has 0 saturated carbocycles. The van der Waals surface area contributed by atoms with Gasteiger partial charge < -0.3 is 30.4 Å². The van der Waals surface area contributed by atoms with E-state index in [1.54, 1.807) is 24.3 Å². The molecular formula is C60H62N4O4. The van der Waals surface area contributed by atoms with E-state index in [9.17, 15) is 20.4 Å². The molecule has 0 fully saturated rings. The predicted molar refractivity (Wildman–Crippen MR) is 282 cm³/mol. The van der Waals surface area contributed by atoms with Crippen molar-refractivity contribution < 1.29 is 20.4 Å². The zero-order valence-corrected chi connectivity index (χ0v) is 41.2. The number of phenols is 4. The van der Waals surface area contributed by atoms with Crippen LogP contribution in [0.1, 0.15) is 128 Å². The van der Waals surface area contributed by atoms with Crippen molar-refractivity contribution in [2.75, 3.05) is 0 Å². The van der Waals surface area contributed by atoms with Crippen LogP contribution in [-0.4, -0.2) is 40.4 Å². The van der Waals surface area contributed by atoms with E-state index in [4.69, 9.17) is 9.97 Å². The quantitative estimate of drug-likeness (QED) is 0.104. The summed E-state index contributed by atoms with van der Waals surface area (Å²) in [7, 11) is 0. The van der Waals surface area contributed by atoms with Crippen LogP contribution in [0.25, 0.3) is 90.9 Å². The maximum Gasteiger partial charge on any atom is 0.119 e. The van der Waals surface area contributed by atoms with Gasteiger partial charge in [0.1, 0.15) is 23.0 Å². The summed E-state index contributed by atoms with van der Waals surface area (Å²) in [6.45, 7) is 26.7. The van der Waals surface area contributed by atoms with Crippen LogP contribution in [0.5, 0.6) is 23.0 Å². The van der Waals surface area contributed by atoms with Crippen molar-refractivity contribution in [1.82, 2.24) is 19.9 Å². The normalized spacial score (nSPS) is 13.1. The van der Waals surface area contributed by atoms with E-state index < -0.39 is 0 Å². The Hall–Kier alpha value is -7.32. The number of hydrogen-bond acceptors (Lipinski definition) is 6. The van der Waals surface area contributed by atoms with E-state index in [0.717, 1.165) is 44.3 Å². The smallest absolute Gasteiger partial charge is 0.119 e. The lowest BCUT2D eigenvalue weighted by Gasteiger charge is -2.26. The highest BCUT2D eigenvalue weighted by molar-refractivity contribution is 6.00. The number of fused-ring (bicyclic) bond motifs is 8. The molecule has 4 aromatic carbocycles. The summed E-state index contributed by atoms with van der Waals surface area (Å²) in [5.41, 5.74) is 16.1. The summed E-state index contributed by atoms with van der Waals surface area (Å²) in [6, 6.07) is 31.1. The third-order valence-electron chi connectivity index (χ3n) is 13.0. The number of nitrogens with one attached hydrogen (secondary N) is 2. The summed E-state index contributed by atoms with van der Waals surface area (Å²) in [5, 5.41) is 43.8. The van der Waals surface area contributed by atoms with Crippen LogP contribution >= 0.6 is 0 Å². The molecule has 0 radical (unpaired) electrons. The maximum atomic E-state index is 10.9. The molecule has 5 heterocycles. The standard InChI is InChI=1S/C60H62N4O4/c1-57(2,3)37-21-33(22-38(29-37)58(4,5)6)53-45-13-17-49(61-45)55(35-25-41(65)31-42(66)26-35)51-19-15-47(63-51)54(34-23-39(59(7,8)9)30-40(24-34)60(10,11)12)48-16-20-52(64-48)56(50-18-14-46(53)62-50)36-27-43(67)32-44(68)28-36/h13-32,61,64-68H,1-12H3. The Morgan fingerprint density at radius 1 is 0.309 bits per heavy atom. The number of hydrogen-bond donors (Lipinski definition) is 6. The first-order valence-electron chi connectivity index (χ1n) is 23.4. The number of H-pyrrole nitrogens is 2. The van der Waals surface area contributed by atoms with Gasteiger partial charge in [-0.05, 0) is 139 Å². The topological polar surface area (TPSA) is 138 Å². The minimum absolute atomic E-state index is 0.0698. The van der Waals surface area contributed by atoms with Gasteiger partial charge in [-0.3, -0.25) is 0 Å². The van der Waals surface area contributed by atoms with E-state index >= 15 is 0 Å². The van der Waals surface area contributed by atoms with Crippen molar-refractivity contribution in [3.63, 3.8) is 0 Å². The Kier molecular flexibility index (Phi) is 10.9. The third kappa shape index (κ3) is 8.83. The number of aromatic amines is 2. The molecule has 346 valence electrons. The molecule has 8 bridgehead atoms. The van der Waals surface area contributed by atoms with Crippen LogP contribution in [0.4, 0.5) is 0 Å². The molecule has 0 spiro atoms. The molecule has 0 unspecified atom stereocenters. The minimum atomic E-state index is -0.165. The highest BCUT2D eigenvalue weighted by Gasteiger charge is 2.26. The summed E-state index contributed by atoms with van der Waals surface area (Å²) in [6.07, 6.45) is 8.05. The van der Waals surface area contributed by atoms with E-state index in [1.165, 1.54) is 34.4 Å². The van der Waals surface area contributed by atoms with Crippen LogP contribution in [0.2, 0.25) is 0 Å². The molecule has 8 heteroatoms. The monoisotopic (exact) mass is 902 g/mol. The van der Waals surface area contributed by atoms with Gasteiger partial charge in [-0.2, -0.15) is 0 Å². The van der Waals surface area contributed by atoms with Gasteiger partial charge in [-0.15, -0.1) is 0 Å². The van der Waals surface area contributed by atoms with Crippen LogP contribution in [0.15, 0.2) is 97.1 Å². The summed E-state index contributed by atoms with van der Waals surface area (Å²) in [4.78, 5) is 18.5. The number of rotatable bonds is 4. The Labute approximate surface area is 399 Å². The Balaban J connectivity index is 1.51. The van der Waals surface area contributed by atoms with Gasteiger partial charge >= 0.3 is 0 Å². The van der Waals surface area contributed by atoms with Crippen molar-refractivity contribution in [2.45, 2.75) is 105 Å².